The highest BCUT2D eigenvalue weighted by molar-refractivity contribution is 5.79. The number of ketones is 1. The van der Waals surface area contributed by atoms with E-state index in [0.29, 0.717) is 17.6 Å². The summed E-state index contributed by atoms with van der Waals surface area (Å²) < 4.78 is 10.5. The van der Waals surface area contributed by atoms with Crippen molar-refractivity contribution in [3.63, 3.8) is 0 Å². The van der Waals surface area contributed by atoms with Crippen LogP contribution in [-0.2, 0) is 19.1 Å². The van der Waals surface area contributed by atoms with Crippen LogP contribution in [0.3, 0.4) is 0 Å². The molecule has 148 valence electrons. The number of hydrogen-bond acceptors (Lipinski definition) is 4. The van der Waals surface area contributed by atoms with Crippen LogP contribution in [0.1, 0.15) is 65.7 Å². The minimum atomic E-state index is -0.310. The Hall–Kier alpha value is -1.58. The molecule has 4 aliphatic rings. The second kappa shape index (κ2) is 7.10. The van der Waals surface area contributed by atoms with E-state index in [4.69, 9.17) is 9.47 Å². The molecule has 4 heteroatoms. The van der Waals surface area contributed by atoms with Crippen LogP contribution in [0.4, 0.5) is 0 Å². The fourth-order valence-electron chi connectivity index (χ4n) is 6.90. The lowest BCUT2D eigenvalue weighted by molar-refractivity contribution is -0.150. The summed E-state index contributed by atoms with van der Waals surface area (Å²) in [6.07, 6.45) is 12.6. The SMILES string of the molecule is CC(=O)OCOC1=CC2=CC[C@@H]3[C@H](CC[C@]4(C)[C@@H](C(C)=O)CC[C@@H]34)[C@H]2CC1. The summed E-state index contributed by atoms with van der Waals surface area (Å²) in [5.41, 5.74) is 1.64. The Balaban J connectivity index is 1.49. The van der Waals surface area contributed by atoms with Crippen LogP contribution in [-0.4, -0.2) is 18.5 Å². The van der Waals surface area contributed by atoms with Gasteiger partial charge in [-0.1, -0.05) is 13.0 Å². The number of esters is 1. The molecule has 0 N–H and O–H groups in total. The molecular weight excluding hydrogens is 340 g/mol. The molecule has 0 aromatic rings. The molecule has 0 radical (unpaired) electrons. The monoisotopic (exact) mass is 372 g/mol. The van der Waals surface area contributed by atoms with Gasteiger partial charge in [-0.3, -0.25) is 9.59 Å². The third kappa shape index (κ3) is 3.25. The molecule has 0 saturated heterocycles. The summed E-state index contributed by atoms with van der Waals surface area (Å²) in [5, 5.41) is 0. The van der Waals surface area contributed by atoms with Crippen molar-refractivity contribution >= 4 is 11.8 Å². The number of Topliss-reactive ketones (excluding diaryl/α,β-unsaturated/α-hetero) is 1. The average molecular weight is 373 g/mol. The lowest BCUT2D eigenvalue weighted by Crippen LogP contribution is -2.46. The molecular formula is C23H32O4. The topological polar surface area (TPSA) is 52.6 Å². The molecule has 27 heavy (non-hydrogen) atoms. The van der Waals surface area contributed by atoms with Crippen molar-refractivity contribution in [2.45, 2.75) is 65.7 Å². The molecule has 6 atom stereocenters. The number of ether oxygens (including phenoxy) is 2. The Kier molecular flexibility index (Phi) is 4.94. The molecule has 0 unspecified atom stereocenters. The summed E-state index contributed by atoms with van der Waals surface area (Å²) in [6, 6.07) is 0. The zero-order valence-corrected chi connectivity index (χ0v) is 16.8. The maximum atomic E-state index is 12.2. The standard InChI is InChI=1S/C23H32O4/c1-14(24)21-8-9-22-20-6-4-16-12-17(27-13-26-15(2)25)5-7-18(16)19(20)10-11-23(21,22)3/h4,12,18-22H,5-11,13H2,1-3H3/t18-,19+,20+,21+,22-,23+/m0/s1. The summed E-state index contributed by atoms with van der Waals surface area (Å²) in [4.78, 5) is 23.1. The van der Waals surface area contributed by atoms with E-state index in [9.17, 15) is 9.59 Å². The van der Waals surface area contributed by atoms with E-state index in [1.807, 2.05) is 0 Å². The van der Waals surface area contributed by atoms with E-state index in [1.54, 1.807) is 6.92 Å². The van der Waals surface area contributed by atoms with E-state index < -0.39 is 0 Å². The van der Waals surface area contributed by atoms with Crippen molar-refractivity contribution in [1.82, 2.24) is 0 Å². The van der Waals surface area contributed by atoms with Gasteiger partial charge in [0.2, 0.25) is 6.79 Å². The molecule has 0 aromatic carbocycles. The number of carbonyl (C=O) groups is 2. The van der Waals surface area contributed by atoms with Gasteiger partial charge < -0.3 is 9.47 Å². The van der Waals surface area contributed by atoms with Gasteiger partial charge in [0, 0.05) is 19.3 Å². The van der Waals surface area contributed by atoms with E-state index in [2.05, 4.69) is 19.1 Å². The smallest absolute Gasteiger partial charge is 0.305 e. The van der Waals surface area contributed by atoms with Crippen LogP contribution in [0, 0.1) is 35.0 Å². The first-order valence-corrected chi connectivity index (χ1v) is 10.6. The number of fused-ring (bicyclic) bond motifs is 5. The van der Waals surface area contributed by atoms with Crippen LogP contribution in [0.5, 0.6) is 0 Å². The van der Waals surface area contributed by atoms with Gasteiger partial charge in [-0.15, -0.1) is 0 Å². The molecule has 4 rings (SSSR count). The van der Waals surface area contributed by atoms with E-state index in [-0.39, 0.29) is 24.1 Å². The Morgan fingerprint density at radius 2 is 1.96 bits per heavy atom. The van der Waals surface area contributed by atoms with Crippen molar-refractivity contribution in [1.29, 1.82) is 0 Å². The molecule has 0 aromatic heterocycles. The van der Waals surface area contributed by atoms with E-state index in [1.165, 1.54) is 31.8 Å². The first-order chi connectivity index (χ1) is 12.9. The van der Waals surface area contributed by atoms with Crippen LogP contribution in [0.2, 0.25) is 0 Å². The first kappa shape index (κ1) is 18.8. The van der Waals surface area contributed by atoms with Crippen molar-refractivity contribution < 1.29 is 19.1 Å². The quantitative estimate of drug-likeness (QED) is 0.526. The number of carbonyl (C=O) groups excluding carboxylic acids is 2. The number of hydrogen-bond donors (Lipinski definition) is 0. The minimum Gasteiger partial charge on any atom is -0.462 e. The second-order valence-electron chi connectivity index (χ2n) is 9.31. The predicted octanol–water partition coefficient (Wildman–Crippen LogP) is 4.80. The third-order valence-corrected chi connectivity index (χ3v) is 8.09. The summed E-state index contributed by atoms with van der Waals surface area (Å²) in [5.74, 6) is 4.13. The van der Waals surface area contributed by atoms with Gasteiger partial charge in [-0.25, -0.2) is 0 Å². The van der Waals surface area contributed by atoms with Gasteiger partial charge in [-0.05, 0) is 86.2 Å². The third-order valence-electron chi connectivity index (χ3n) is 8.09. The normalized spacial score (nSPS) is 40.0. The lowest BCUT2D eigenvalue weighted by Gasteiger charge is -2.52. The zero-order valence-electron chi connectivity index (χ0n) is 16.8. The van der Waals surface area contributed by atoms with Crippen molar-refractivity contribution in [2.75, 3.05) is 6.79 Å². The molecule has 2 fully saturated rings. The molecule has 0 amide bonds. The number of rotatable bonds is 4. The maximum Gasteiger partial charge on any atom is 0.305 e. The Labute approximate surface area is 162 Å². The van der Waals surface area contributed by atoms with Crippen LogP contribution in [0.15, 0.2) is 23.5 Å². The van der Waals surface area contributed by atoms with Gasteiger partial charge in [0.05, 0.1) is 0 Å². The molecule has 0 heterocycles. The average Bonchev–Trinajstić information content (AvgIpc) is 2.98. The van der Waals surface area contributed by atoms with Gasteiger partial charge in [0.15, 0.2) is 0 Å². The molecule has 2 saturated carbocycles. The number of allylic oxidation sites excluding steroid dienone is 4. The summed E-state index contributed by atoms with van der Waals surface area (Å²) in [6.45, 7) is 5.60. The van der Waals surface area contributed by atoms with Crippen molar-refractivity contribution in [3.05, 3.63) is 23.5 Å². The van der Waals surface area contributed by atoms with Crippen LogP contribution >= 0.6 is 0 Å². The molecule has 0 aliphatic heterocycles. The molecule has 4 nitrogen and oxygen atoms in total. The van der Waals surface area contributed by atoms with Gasteiger partial charge in [0.25, 0.3) is 0 Å². The van der Waals surface area contributed by atoms with Crippen LogP contribution < -0.4 is 0 Å². The Morgan fingerprint density at radius 1 is 1.15 bits per heavy atom. The van der Waals surface area contributed by atoms with Gasteiger partial charge in [0.1, 0.15) is 11.5 Å². The van der Waals surface area contributed by atoms with E-state index >= 15 is 0 Å². The van der Waals surface area contributed by atoms with Crippen molar-refractivity contribution in [3.8, 4) is 0 Å². The van der Waals surface area contributed by atoms with Gasteiger partial charge in [-0.2, -0.15) is 0 Å². The van der Waals surface area contributed by atoms with E-state index in [0.717, 1.165) is 43.3 Å². The zero-order chi connectivity index (χ0) is 19.2. The second-order valence-corrected chi connectivity index (χ2v) is 9.31. The minimum absolute atomic E-state index is 0.0119. The fraction of sp³-hybridized carbons (Fsp3) is 0.739. The molecule has 0 bridgehead atoms. The molecule has 4 aliphatic carbocycles. The summed E-state index contributed by atoms with van der Waals surface area (Å²) in [7, 11) is 0. The molecule has 0 spiro atoms. The predicted molar refractivity (Wildman–Crippen MR) is 102 cm³/mol. The Morgan fingerprint density at radius 3 is 2.70 bits per heavy atom. The van der Waals surface area contributed by atoms with Gasteiger partial charge >= 0.3 is 5.97 Å². The Bertz CT molecular complexity index is 690. The summed E-state index contributed by atoms with van der Waals surface area (Å²) >= 11 is 0. The maximum absolute atomic E-state index is 12.2. The highest BCUT2D eigenvalue weighted by Gasteiger charge is 2.56. The van der Waals surface area contributed by atoms with Crippen LogP contribution in [0.25, 0.3) is 0 Å². The van der Waals surface area contributed by atoms with Crippen molar-refractivity contribution in [2.24, 2.45) is 35.0 Å². The highest BCUT2D eigenvalue weighted by Crippen LogP contribution is 2.63. The lowest BCUT2D eigenvalue weighted by atomic mass is 9.52. The fourth-order valence-corrected chi connectivity index (χ4v) is 6.90. The first-order valence-electron chi connectivity index (χ1n) is 10.6. The largest absolute Gasteiger partial charge is 0.462 e. The highest BCUT2D eigenvalue weighted by atomic mass is 16.7.